The monoisotopic (exact) mass is 249 g/mol. The molecule has 0 spiro atoms. The highest BCUT2D eigenvalue weighted by Crippen LogP contribution is 2.26. The van der Waals surface area contributed by atoms with Crippen LogP contribution in [0.4, 0.5) is 0 Å². The van der Waals surface area contributed by atoms with Crippen LogP contribution in [0.1, 0.15) is 29.7 Å². The van der Waals surface area contributed by atoms with Crippen molar-refractivity contribution >= 4 is 5.84 Å². The molecule has 1 aliphatic rings. The average molecular weight is 249 g/mol. The summed E-state index contributed by atoms with van der Waals surface area (Å²) in [6, 6.07) is 1.95. The number of hydrogen-bond donors (Lipinski definition) is 2. The molecule has 2 rings (SSSR count). The predicted molar refractivity (Wildman–Crippen MR) is 69.3 cm³/mol. The first-order chi connectivity index (χ1) is 8.72. The lowest BCUT2D eigenvalue weighted by atomic mass is 10.1. The summed E-state index contributed by atoms with van der Waals surface area (Å²) in [5.74, 6) is 0.498. The molecule has 1 heterocycles. The van der Waals surface area contributed by atoms with Crippen molar-refractivity contribution in [2.75, 3.05) is 20.3 Å². The predicted octanol–water partition coefficient (Wildman–Crippen LogP) is 1.27. The van der Waals surface area contributed by atoms with Crippen LogP contribution in [-0.4, -0.2) is 31.1 Å². The van der Waals surface area contributed by atoms with E-state index < -0.39 is 0 Å². The van der Waals surface area contributed by atoms with Crippen LogP contribution >= 0.6 is 0 Å². The molecule has 1 aromatic rings. The number of methoxy groups -OCH3 is 1. The van der Waals surface area contributed by atoms with Crippen LogP contribution < -0.4 is 10.5 Å². The van der Waals surface area contributed by atoms with Crippen molar-refractivity contribution < 1.29 is 9.47 Å². The Morgan fingerprint density at radius 1 is 1.44 bits per heavy atom. The lowest BCUT2D eigenvalue weighted by Gasteiger charge is -2.11. The van der Waals surface area contributed by atoms with E-state index >= 15 is 0 Å². The summed E-state index contributed by atoms with van der Waals surface area (Å²) in [6.45, 7) is 1.18. The Kier molecular flexibility index (Phi) is 4.15. The average Bonchev–Trinajstić information content (AvgIpc) is 2.80. The Bertz CT molecular complexity index is 446. The van der Waals surface area contributed by atoms with Crippen LogP contribution in [0.3, 0.4) is 0 Å². The third kappa shape index (κ3) is 2.79. The number of aryl methyl sites for hydroxylation is 2. The number of nitrogen functional groups attached to an aromatic ring is 1. The summed E-state index contributed by atoms with van der Waals surface area (Å²) in [6.07, 6.45) is 3.92. The maximum atomic E-state index is 7.59. The molecule has 0 saturated heterocycles. The van der Waals surface area contributed by atoms with Crippen LogP contribution in [0.25, 0.3) is 0 Å². The van der Waals surface area contributed by atoms with Crippen LogP contribution in [-0.2, 0) is 17.6 Å². The number of pyridine rings is 1. The number of rotatable bonds is 6. The summed E-state index contributed by atoms with van der Waals surface area (Å²) >= 11 is 0. The molecule has 0 radical (unpaired) electrons. The lowest BCUT2D eigenvalue weighted by molar-refractivity contribution is 0.170. The molecule has 5 nitrogen and oxygen atoms in total. The van der Waals surface area contributed by atoms with Crippen LogP contribution in [0.15, 0.2) is 6.07 Å². The standard InChI is InChI=1S/C13H19N3O2/c1-17-6-3-7-18-13-10(12(14)15)8-9-4-2-5-11(9)16-13/h8H,2-7H2,1H3,(H3,14,15). The lowest BCUT2D eigenvalue weighted by Crippen LogP contribution is -2.16. The maximum Gasteiger partial charge on any atom is 0.224 e. The molecule has 0 atom stereocenters. The second-order valence-corrected chi connectivity index (χ2v) is 4.41. The molecular formula is C13H19N3O2. The third-order valence-electron chi connectivity index (χ3n) is 3.04. The van der Waals surface area contributed by atoms with Gasteiger partial charge in [-0.1, -0.05) is 0 Å². The van der Waals surface area contributed by atoms with Gasteiger partial charge >= 0.3 is 0 Å². The molecule has 0 saturated carbocycles. The SMILES string of the molecule is COCCCOc1nc2c(cc1C(=N)N)CCC2. The van der Waals surface area contributed by atoms with Gasteiger partial charge in [-0.3, -0.25) is 5.41 Å². The van der Waals surface area contributed by atoms with Gasteiger partial charge < -0.3 is 15.2 Å². The summed E-state index contributed by atoms with van der Waals surface area (Å²) in [5, 5.41) is 7.59. The maximum absolute atomic E-state index is 7.59. The molecule has 0 aromatic carbocycles. The van der Waals surface area contributed by atoms with Crippen molar-refractivity contribution in [3.05, 3.63) is 22.9 Å². The number of ether oxygens (including phenoxy) is 2. The first-order valence-electron chi connectivity index (χ1n) is 6.21. The zero-order valence-corrected chi connectivity index (χ0v) is 10.7. The number of fused-ring (bicyclic) bond motifs is 1. The van der Waals surface area contributed by atoms with Gasteiger partial charge in [-0.25, -0.2) is 4.98 Å². The second-order valence-electron chi connectivity index (χ2n) is 4.41. The highest BCUT2D eigenvalue weighted by Gasteiger charge is 2.18. The number of nitrogens with one attached hydrogen (secondary N) is 1. The van der Waals surface area contributed by atoms with Crippen molar-refractivity contribution in [3.8, 4) is 5.88 Å². The van der Waals surface area contributed by atoms with Crippen molar-refractivity contribution in [3.63, 3.8) is 0 Å². The van der Waals surface area contributed by atoms with Gasteiger partial charge in [0.05, 0.1) is 12.2 Å². The molecule has 0 amide bonds. The van der Waals surface area contributed by atoms with Crippen molar-refractivity contribution in [2.45, 2.75) is 25.7 Å². The quantitative estimate of drug-likeness (QED) is 0.452. The first-order valence-corrected chi connectivity index (χ1v) is 6.21. The molecule has 0 fully saturated rings. The summed E-state index contributed by atoms with van der Waals surface area (Å²) in [7, 11) is 1.66. The molecule has 3 N–H and O–H groups in total. The minimum absolute atomic E-state index is 0.0129. The topological polar surface area (TPSA) is 81.2 Å². The van der Waals surface area contributed by atoms with E-state index in [-0.39, 0.29) is 5.84 Å². The molecular weight excluding hydrogens is 230 g/mol. The summed E-state index contributed by atoms with van der Waals surface area (Å²) in [5.41, 5.74) is 8.47. The molecule has 1 aliphatic carbocycles. The normalized spacial score (nSPS) is 13.4. The Labute approximate surface area is 107 Å². The van der Waals surface area contributed by atoms with Crippen molar-refractivity contribution in [2.24, 2.45) is 5.73 Å². The van der Waals surface area contributed by atoms with E-state index in [1.807, 2.05) is 6.07 Å². The zero-order chi connectivity index (χ0) is 13.0. The first kappa shape index (κ1) is 12.8. The van der Waals surface area contributed by atoms with Gasteiger partial charge in [0.15, 0.2) is 0 Å². The van der Waals surface area contributed by atoms with Gasteiger partial charge in [0.25, 0.3) is 0 Å². The summed E-state index contributed by atoms with van der Waals surface area (Å²) in [4.78, 5) is 4.49. The highest BCUT2D eigenvalue weighted by molar-refractivity contribution is 5.97. The smallest absolute Gasteiger partial charge is 0.224 e. The zero-order valence-electron chi connectivity index (χ0n) is 10.7. The fourth-order valence-electron chi connectivity index (χ4n) is 2.13. The Hall–Kier alpha value is -1.62. The molecule has 98 valence electrons. The van der Waals surface area contributed by atoms with Crippen LogP contribution in [0, 0.1) is 5.41 Å². The Morgan fingerprint density at radius 2 is 2.28 bits per heavy atom. The van der Waals surface area contributed by atoms with E-state index in [9.17, 15) is 0 Å². The van der Waals surface area contributed by atoms with E-state index in [0.29, 0.717) is 24.7 Å². The molecule has 0 aliphatic heterocycles. The second kappa shape index (κ2) is 5.82. The number of nitrogens with two attached hydrogens (primary N) is 1. The fourth-order valence-corrected chi connectivity index (χ4v) is 2.13. The van der Waals surface area contributed by atoms with Gasteiger partial charge in [-0.05, 0) is 30.9 Å². The largest absolute Gasteiger partial charge is 0.477 e. The van der Waals surface area contributed by atoms with E-state index in [4.69, 9.17) is 20.6 Å². The summed E-state index contributed by atoms with van der Waals surface area (Å²) < 4.78 is 10.6. The van der Waals surface area contributed by atoms with E-state index in [1.54, 1.807) is 7.11 Å². The molecule has 18 heavy (non-hydrogen) atoms. The van der Waals surface area contributed by atoms with Gasteiger partial charge in [-0.15, -0.1) is 0 Å². The number of aromatic nitrogens is 1. The van der Waals surface area contributed by atoms with Crippen LogP contribution in [0.2, 0.25) is 0 Å². The van der Waals surface area contributed by atoms with Gasteiger partial charge in [0, 0.05) is 25.8 Å². The number of nitrogens with zero attached hydrogens (tertiary/aromatic N) is 1. The number of amidine groups is 1. The molecule has 1 aromatic heterocycles. The fraction of sp³-hybridized carbons (Fsp3) is 0.538. The van der Waals surface area contributed by atoms with Gasteiger partial charge in [-0.2, -0.15) is 0 Å². The number of hydrogen-bond acceptors (Lipinski definition) is 4. The molecule has 0 bridgehead atoms. The van der Waals surface area contributed by atoms with Crippen molar-refractivity contribution in [1.29, 1.82) is 5.41 Å². The van der Waals surface area contributed by atoms with E-state index in [2.05, 4.69) is 4.98 Å². The molecule has 5 heteroatoms. The minimum atomic E-state index is 0.0129. The van der Waals surface area contributed by atoms with E-state index in [0.717, 1.165) is 31.4 Å². The van der Waals surface area contributed by atoms with Crippen LogP contribution in [0.5, 0.6) is 5.88 Å². The third-order valence-corrected chi connectivity index (χ3v) is 3.04. The minimum Gasteiger partial charge on any atom is -0.477 e. The Morgan fingerprint density at radius 3 is 3.00 bits per heavy atom. The van der Waals surface area contributed by atoms with Crippen molar-refractivity contribution in [1.82, 2.24) is 4.98 Å². The van der Waals surface area contributed by atoms with E-state index in [1.165, 1.54) is 5.56 Å². The van der Waals surface area contributed by atoms with Gasteiger partial charge in [0.2, 0.25) is 5.88 Å². The van der Waals surface area contributed by atoms with Gasteiger partial charge in [0.1, 0.15) is 5.84 Å². The Balaban J connectivity index is 2.14. The highest BCUT2D eigenvalue weighted by atomic mass is 16.5. The molecule has 0 unspecified atom stereocenters.